The van der Waals surface area contributed by atoms with Gasteiger partial charge in [-0.05, 0) is 31.5 Å². The Kier molecular flexibility index (Phi) is 3.97. The van der Waals surface area contributed by atoms with Gasteiger partial charge in [-0.3, -0.25) is 10.1 Å². The Morgan fingerprint density at radius 1 is 1.29 bits per heavy atom. The van der Waals surface area contributed by atoms with E-state index in [1.54, 1.807) is 20.0 Å². The molecule has 8 heteroatoms. The van der Waals surface area contributed by atoms with Crippen LogP contribution >= 0.6 is 0 Å². The summed E-state index contributed by atoms with van der Waals surface area (Å²) in [7, 11) is 1.59. The lowest BCUT2D eigenvalue weighted by Crippen LogP contribution is -2.07. The molecule has 0 aliphatic rings. The van der Waals surface area contributed by atoms with Gasteiger partial charge in [-0.15, -0.1) is 0 Å². The van der Waals surface area contributed by atoms with Gasteiger partial charge in [-0.2, -0.15) is 4.98 Å². The molecular formula is C13H14FN5O2. The Balaban J connectivity index is 2.51. The lowest BCUT2D eigenvalue weighted by atomic mass is 10.2. The Labute approximate surface area is 120 Å². The van der Waals surface area contributed by atoms with Crippen LogP contribution in [0.3, 0.4) is 0 Å². The molecule has 1 aromatic heterocycles. The van der Waals surface area contributed by atoms with E-state index in [-0.39, 0.29) is 28.8 Å². The van der Waals surface area contributed by atoms with Crippen molar-refractivity contribution in [3.63, 3.8) is 0 Å². The summed E-state index contributed by atoms with van der Waals surface area (Å²) in [5, 5.41) is 16.5. The standard InChI is InChI=1S/C13H14FN5O2/c1-7-4-5-10(9(14)6-7)17-12-11(19(20)21)8(2)16-13(15-3)18-12/h4-6H,1-3H3,(H2,15,16,17,18). The molecule has 0 saturated heterocycles. The number of benzene rings is 1. The summed E-state index contributed by atoms with van der Waals surface area (Å²) >= 11 is 0. The zero-order chi connectivity index (χ0) is 15.6. The maximum Gasteiger partial charge on any atom is 0.332 e. The van der Waals surface area contributed by atoms with Crippen LogP contribution in [0.4, 0.5) is 27.5 Å². The normalized spacial score (nSPS) is 10.3. The van der Waals surface area contributed by atoms with Gasteiger partial charge in [-0.1, -0.05) is 6.07 Å². The van der Waals surface area contributed by atoms with E-state index in [1.807, 2.05) is 0 Å². The average molecular weight is 291 g/mol. The van der Waals surface area contributed by atoms with Gasteiger partial charge in [0.2, 0.25) is 11.8 Å². The molecule has 0 atom stereocenters. The van der Waals surface area contributed by atoms with E-state index in [4.69, 9.17) is 0 Å². The topological polar surface area (TPSA) is 93.0 Å². The molecule has 2 rings (SSSR count). The molecule has 0 amide bonds. The van der Waals surface area contributed by atoms with Gasteiger partial charge in [0.05, 0.1) is 10.6 Å². The van der Waals surface area contributed by atoms with E-state index in [2.05, 4.69) is 20.6 Å². The van der Waals surface area contributed by atoms with Gasteiger partial charge >= 0.3 is 5.69 Å². The zero-order valence-electron chi connectivity index (χ0n) is 11.8. The van der Waals surface area contributed by atoms with Gasteiger partial charge in [0.15, 0.2) is 0 Å². The van der Waals surface area contributed by atoms with Crippen LogP contribution in [-0.4, -0.2) is 21.9 Å². The molecule has 2 aromatic rings. The van der Waals surface area contributed by atoms with Gasteiger partial charge in [0.1, 0.15) is 11.5 Å². The molecule has 1 aromatic carbocycles. The second-order valence-electron chi connectivity index (χ2n) is 4.45. The maximum absolute atomic E-state index is 13.9. The molecular weight excluding hydrogens is 277 g/mol. The third-order valence-corrected chi connectivity index (χ3v) is 2.84. The van der Waals surface area contributed by atoms with Crippen LogP contribution in [0.25, 0.3) is 0 Å². The molecule has 0 fully saturated rings. The molecule has 110 valence electrons. The molecule has 7 nitrogen and oxygen atoms in total. The second kappa shape index (κ2) is 5.70. The summed E-state index contributed by atoms with van der Waals surface area (Å²) in [4.78, 5) is 18.5. The van der Waals surface area contributed by atoms with Crippen molar-refractivity contribution >= 4 is 23.1 Å². The van der Waals surface area contributed by atoms with Crippen LogP contribution in [-0.2, 0) is 0 Å². The lowest BCUT2D eigenvalue weighted by molar-refractivity contribution is -0.385. The minimum absolute atomic E-state index is 0.0559. The van der Waals surface area contributed by atoms with E-state index < -0.39 is 10.7 Å². The van der Waals surface area contributed by atoms with Crippen molar-refractivity contribution in [2.24, 2.45) is 0 Å². The highest BCUT2D eigenvalue weighted by Gasteiger charge is 2.22. The van der Waals surface area contributed by atoms with Crippen molar-refractivity contribution in [2.45, 2.75) is 13.8 Å². The van der Waals surface area contributed by atoms with Crippen LogP contribution in [0.5, 0.6) is 0 Å². The third-order valence-electron chi connectivity index (χ3n) is 2.84. The number of aromatic nitrogens is 2. The highest BCUT2D eigenvalue weighted by molar-refractivity contribution is 5.68. The minimum atomic E-state index is -0.594. The first kappa shape index (κ1) is 14.6. The fourth-order valence-electron chi connectivity index (χ4n) is 1.83. The fourth-order valence-corrected chi connectivity index (χ4v) is 1.83. The number of nitrogens with zero attached hydrogens (tertiary/aromatic N) is 3. The predicted molar refractivity (Wildman–Crippen MR) is 77.4 cm³/mol. The number of nitrogens with one attached hydrogen (secondary N) is 2. The van der Waals surface area contributed by atoms with Crippen molar-refractivity contribution in [1.82, 2.24) is 9.97 Å². The number of rotatable bonds is 4. The smallest absolute Gasteiger partial charge is 0.332 e. The number of hydrogen-bond donors (Lipinski definition) is 2. The van der Waals surface area contributed by atoms with E-state index in [9.17, 15) is 14.5 Å². The summed E-state index contributed by atoms with van der Waals surface area (Å²) in [6.45, 7) is 3.25. The Morgan fingerprint density at radius 3 is 2.57 bits per heavy atom. The van der Waals surface area contributed by atoms with Crippen molar-refractivity contribution in [1.29, 1.82) is 0 Å². The minimum Gasteiger partial charge on any atom is -0.357 e. The van der Waals surface area contributed by atoms with Crippen LogP contribution in [0.2, 0.25) is 0 Å². The number of halogens is 1. The van der Waals surface area contributed by atoms with Gasteiger partial charge in [-0.25, -0.2) is 9.37 Å². The summed E-state index contributed by atoms with van der Waals surface area (Å²) in [6, 6.07) is 4.54. The maximum atomic E-state index is 13.9. The number of aryl methyl sites for hydroxylation is 2. The summed E-state index contributed by atoms with van der Waals surface area (Å²) in [5.74, 6) is -0.348. The van der Waals surface area contributed by atoms with Crippen LogP contribution < -0.4 is 10.6 Å². The van der Waals surface area contributed by atoms with E-state index >= 15 is 0 Å². The SMILES string of the molecule is CNc1nc(C)c([N+](=O)[O-])c(Nc2ccc(C)cc2F)n1. The molecule has 0 unspecified atom stereocenters. The Hall–Kier alpha value is -2.77. The van der Waals surface area contributed by atoms with Crippen molar-refractivity contribution < 1.29 is 9.31 Å². The predicted octanol–water partition coefficient (Wildman–Crippen LogP) is 2.93. The van der Waals surface area contributed by atoms with E-state index in [0.717, 1.165) is 5.56 Å². The fraction of sp³-hybridized carbons (Fsp3) is 0.231. The molecule has 2 N–H and O–H groups in total. The zero-order valence-corrected chi connectivity index (χ0v) is 11.8. The monoisotopic (exact) mass is 291 g/mol. The molecule has 0 radical (unpaired) electrons. The highest BCUT2D eigenvalue weighted by atomic mass is 19.1. The van der Waals surface area contributed by atoms with Crippen LogP contribution in [0, 0.1) is 29.8 Å². The van der Waals surface area contributed by atoms with Crippen LogP contribution in [0.15, 0.2) is 18.2 Å². The largest absolute Gasteiger partial charge is 0.357 e. The van der Waals surface area contributed by atoms with E-state index in [1.165, 1.54) is 19.1 Å². The highest BCUT2D eigenvalue weighted by Crippen LogP contribution is 2.30. The van der Waals surface area contributed by atoms with E-state index in [0.29, 0.717) is 0 Å². The molecule has 0 spiro atoms. The second-order valence-corrected chi connectivity index (χ2v) is 4.45. The van der Waals surface area contributed by atoms with Gasteiger partial charge in [0, 0.05) is 7.05 Å². The third kappa shape index (κ3) is 3.04. The molecule has 21 heavy (non-hydrogen) atoms. The molecule has 0 aliphatic heterocycles. The first-order valence-electron chi connectivity index (χ1n) is 6.16. The summed E-state index contributed by atoms with van der Waals surface area (Å²) < 4.78 is 13.9. The quantitative estimate of drug-likeness (QED) is 0.664. The number of anilines is 3. The van der Waals surface area contributed by atoms with Crippen molar-refractivity contribution in [2.75, 3.05) is 17.7 Å². The molecule has 1 heterocycles. The number of nitro groups is 1. The first-order valence-corrected chi connectivity index (χ1v) is 6.16. The van der Waals surface area contributed by atoms with Gasteiger partial charge < -0.3 is 10.6 Å². The first-order chi connectivity index (χ1) is 9.92. The van der Waals surface area contributed by atoms with Gasteiger partial charge in [0.25, 0.3) is 0 Å². The summed E-state index contributed by atoms with van der Waals surface area (Å²) in [6.07, 6.45) is 0. The van der Waals surface area contributed by atoms with Crippen LogP contribution in [0.1, 0.15) is 11.3 Å². The Bertz CT molecular complexity index is 705. The van der Waals surface area contributed by atoms with Crippen molar-refractivity contribution in [3.05, 3.63) is 45.4 Å². The summed E-state index contributed by atoms with van der Waals surface area (Å²) in [5.41, 5.74) is 0.773. The average Bonchev–Trinajstić information content (AvgIpc) is 2.40. The molecule has 0 saturated carbocycles. The number of hydrogen-bond acceptors (Lipinski definition) is 6. The van der Waals surface area contributed by atoms with Crippen molar-refractivity contribution in [3.8, 4) is 0 Å². The lowest BCUT2D eigenvalue weighted by Gasteiger charge is -2.10. The Morgan fingerprint density at radius 2 is 2.00 bits per heavy atom. The molecule has 0 bridgehead atoms. The molecule has 0 aliphatic carbocycles.